The molecule has 0 aliphatic heterocycles. The molecule has 4 bridgehead atoms. The Morgan fingerprint density at radius 2 is 1.69 bits per heavy atom. The van der Waals surface area contributed by atoms with Crippen molar-refractivity contribution in [1.29, 1.82) is 0 Å². The number of rotatable bonds is 6. The van der Waals surface area contributed by atoms with Crippen molar-refractivity contribution in [2.75, 3.05) is 13.6 Å². The number of nitrogens with two attached hydrogens (primary N) is 2. The number of aliphatic carboxylic acids is 1. The van der Waals surface area contributed by atoms with Crippen LogP contribution in [0.5, 0.6) is 0 Å². The molecule has 344 valence electrons. The molecule has 13 atom stereocenters. The minimum absolute atomic E-state index is 0.00710. The number of fused-ring (bicyclic) bond motifs is 4. The lowest BCUT2D eigenvalue weighted by molar-refractivity contribution is -0.200. The predicted molar refractivity (Wildman–Crippen MR) is 245 cm³/mol. The fourth-order valence-corrected chi connectivity index (χ4v) is 16.8. The van der Waals surface area contributed by atoms with E-state index in [-0.39, 0.29) is 80.0 Å². The molecule has 0 aromatic heterocycles. The molecule has 0 unspecified atom stereocenters. The summed E-state index contributed by atoms with van der Waals surface area (Å²) in [6.45, 7) is 8.24. The lowest BCUT2D eigenvalue weighted by atomic mass is 9.33. The van der Waals surface area contributed by atoms with Gasteiger partial charge < -0.3 is 42.3 Å². The van der Waals surface area contributed by atoms with Gasteiger partial charge in [0.2, 0.25) is 0 Å². The standard InChI is InChI=1S/C53H64N4O8/c1-30-48(22-23-49(57-44(54)55)21-15-34(42(60)53(30,49)65)35(43(61)62)17-26-56-5)29-50(63)24-25-51(64)38(33-14-13-31-11-7-8-12-32(31)27-33)40-45(2)18-9-6-10-19-52(50)41(51)39(36(58)28-47(48,52)4)46(40,3)20-16-37(45)59/h7-8,11-12,22-25,27,30,38,40,42,56,60,63-65H,10,13-21,26,28-29H2,1-5H3,(H,61,62)(H4,54,55,57)/b35-34+/t30-,38+,40+,42+,45+,46+,47+,48+,49-,50-,51+,52-,53+/m0/s1. The number of hydrogen-bond acceptors (Lipinski definition) is 9. The fourth-order valence-electron chi connectivity index (χ4n) is 16.8. The Bertz CT molecular complexity index is 2610. The number of hydrogen-bond donors (Lipinski definition) is 8. The van der Waals surface area contributed by atoms with Crippen LogP contribution in [0.3, 0.4) is 0 Å². The van der Waals surface area contributed by atoms with Gasteiger partial charge in [-0.2, -0.15) is 0 Å². The van der Waals surface area contributed by atoms with E-state index in [2.05, 4.69) is 47.3 Å². The summed E-state index contributed by atoms with van der Waals surface area (Å²) in [7, 11) is 1.71. The first-order valence-electron chi connectivity index (χ1n) is 23.6. The van der Waals surface area contributed by atoms with Gasteiger partial charge in [0.15, 0.2) is 11.7 Å². The average molecular weight is 885 g/mol. The second-order valence-corrected chi connectivity index (χ2v) is 22.0. The predicted octanol–water partition coefficient (Wildman–Crippen LogP) is 4.60. The van der Waals surface area contributed by atoms with E-state index in [1.54, 1.807) is 25.3 Å². The summed E-state index contributed by atoms with van der Waals surface area (Å²) in [6.07, 6.45) is 10.6. The third kappa shape index (κ3) is 5.12. The Hall–Kier alpha value is -4.64. The van der Waals surface area contributed by atoms with Gasteiger partial charge in [0.1, 0.15) is 28.6 Å². The van der Waals surface area contributed by atoms with E-state index in [1.165, 1.54) is 5.56 Å². The SMILES string of the molecule is CNCC/C(C(=O)O)=C1/CC[C@]2(N=C(N)N)C=C[C@@]3(C[C@@]4(O)C=C[C@]5(O)C6=C7C(=O)C[C@@]3(C)[C@]64CCC#CC[C@]3(C)C(=O)CC[C@@]7(C)[C@@H]3[C@H]5C3=Cc4ccccc4CC3)[C@H](C)[C@@]2(O)[C@@H]1O. The van der Waals surface area contributed by atoms with Gasteiger partial charge in [-0.3, -0.25) is 9.59 Å². The summed E-state index contributed by atoms with van der Waals surface area (Å²) >= 11 is 0. The molecule has 3 saturated carbocycles. The molecule has 0 radical (unpaired) electrons. The van der Waals surface area contributed by atoms with Gasteiger partial charge in [-0.15, -0.1) is 11.8 Å². The van der Waals surface area contributed by atoms with Crippen molar-refractivity contribution in [2.45, 2.75) is 133 Å². The van der Waals surface area contributed by atoms with E-state index < -0.39 is 79.2 Å². The highest BCUT2D eigenvalue weighted by atomic mass is 16.4. The first-order valence-corrected chi connectivity index (χ1v) is 23.6. The number of carbonyl (C=O) groups excluding carboxylic acids is 2. The van der Waals surface area contributed by atoms with Crippen molar-refractivity contribution in [3.05, 3.63) is 87.6 Å². The molecule has 10 N–H and O–H groups in total. The van der Waals surface area contributed by atoms with Crippen molar-refractivity contribution in [2.24, 2.45) is 61.3 Å². The molecular formula is C53H64N4O8. The Balaban J connectivity index is 1.27. The molecule has 12 nitrogen and oxygen atoms in total. The Kier molecular flexibility index (Phi) is 9.49. The van der Waals surface area contributed by atoms with Crippen molar-refractivity contribution in [1.82, 2.24) is 5.32 Å². The van der Waals surface area contributed by atoms with Crippen LogP contribution in [0.1, 0.15) is 109 Å². The van der Waals surface area contributed by atoms with Crippen molar-refractivity contribution in [3.63, 3.8) is 0 Å². The summed E-state index contributed by atoms with van der Waals surface area (Å²) in [6, 6.07) is 8.24. The molecule has 1 aromatic rings. The lowest BCUT2D eigenvalue weighted by Gasteiger charge is -2.70. The number of nitrogens with one attached hydrogen (secondary N) is 1. The van der Waals surface area contributed by atoms with Gasteiger partial charge in [0.05, 0.1) is 5.60 Å². The number of aliphatic imine (C=N–C) groups is 1. The number of carbonyl (C=O) groups is 3. The van der Waals surface area contributed by atoms with Crippen LogP contribution in [0.15, 0.2) is 81.4 Å². The smallest absolute Gasteiger partial charge is 0.331 e. The zero-order valence-electron chi connectivity index (χ0n) is 38.3. The third-order valence-corrected chi connectivity index (χ3v) is 19.6. The number of carboxylic acid groups (broad SMARTS) is 1. The van der Waals surface area contributed by atoms with E-state index in [1.807, 2.05) is 39.0 Å². The minimum Gasteiger partial charge on any atom is -0.478 e. The Labute approximate surface area is 381 Å². The first-order chi connectivity index (χ1) is 30.6. The topological polar surface area (TPSA) is 229 Å². The minimum atomic E-state index is -2.24. The van der Waals surface area contributed by atoms with Crippen LogP contribution < -0.4 is 16.8 Å². The number of guanidine groups is 1. The van der Waals surface area contributed by atoms with Crippen LogP contribution in [0, 0.1) is 56.7 Å². The molecule has 1 aromatic carbocycles. The Morgan fingerprint density at radius 1 is 0.938 bits per heavy atom. The summed E-state index contributed by atoms with van der Waals surface area (Å²) in [5.74, 6) is 3.06. The van der Waals surface area contributed by atoms with Gasteiger partial charge in [-0.25, -0.2) is 9.79 Å². The van der Waals surface area contributed by atoms with Crippen LogP contribution >= 0.6 is 0 Å². The molecule has 0 heterocycles. The number of carboxylic acids is 1. The van der Waals surface area contributed by atoms with E-state index >= 15 is 4.79 Å². The quantitative estimate of drug-likeness (QED) is 0.0647. The number of aliphatic hydroxyl groups excluding tert-OH is 1. The van der Waals surface area contributed by atoms with E-state index in [4.69, 9.17) is 11.5 Å². The van der Waals surface area contributed by atoms with Crippen molar-refractivity contribution in [3.8, 4) is 11.8 Å². The number of aryl methyl sites for hydroxylation is 1. The molecule has 10 rings (SSSR count). The largest absolute Gasteiger partial charge is 0.478 e. The normalized spacial score (nSPS) is 46.1. The summed E-state index contributed by atoms with van der Waals surface area (Å²) in [4.78, 5) is 48.1. The van der Waals surface area contributed by atoms with Gasteiger partial charge in [0.25, 0.3) is 0 Å². The molecule has 0 saturated heterocycles. The highest BCUT2D eigenvalue weighted by Crippen LogP contribution is 2.84. The van der Waals surface area contributed by atoms with Crippen LogP contribution in [0.25, 0.3) is 6.08 Å². The van der Waals surface area contributed by atoms with Crippen LogP contribution in [0.4, 0.5) is 0 Å². The van der Waals surface area contributed by atoms with Crippen LogP contribution in [-0.4, -0.2) is 91.1 Å². The maximum absolute atomic E-state index is 16.0. The van der Waals surface area contributed by atoms with E-state index in [9.17, 15) is 35.1 Å². The van der Waals surface area contributed by atoms with Gasteiger partial charge in [-0.1, -0.05) is 81.8 Å². The Morgan fingerprint density at radius 3 is 2.42 bits per heavy atom. The number of aliphatic hydroxyl groups is 4. The number of Topliss-reactive ketones (excluding diaryl/α,β-unsaturated/α-hetero) is 2. The molecule has 65 heavy (non-hydrogen) atoms. The monoisotopic (exact) mass is 884 g/mol. The van der Waals surface area contributed by atoms with E-state index in [0.717, 1.165) is 17.6 Å². The highest BCUT2D eigenvalue weighted by molar-refractivity contribution is 6.02. The van der Waals surface area contributed by atoms with Crippen LogP contribution in [-0.2, 0) is 20.8 Å². The third-order valence-electron chi connectivity index (χ3n) is 19.6. The van der Waals surface area contributed by atoms with Gasteiger partial charge in [-0.05, 0) is 105 Å². The molecule has 3 fully saturated rings. The molecule has 9 aliphatic rings. The van der Waals surface area contributed by atoms with Crippen molar-refractivity contribution >= 4 is 29.6 Å². The van der Waals surface area contributed by atoms with Crippen LogP contribution in [0.2, 0.25) is 0 Å². The second kappa shape index (κ2) is 14.0. The average Bonchev–Trinajstić information content (AvgIpc) is 3.41. The molecule has 2 spiro atoms. The maximum atomic E-state index is 16.0. The highest BCUT2D eigenvalue weighted by Gasteiger charge is 2.85. The zero-order chi connectivity index (χ0) is 46.5. The van der Waals surface area contributed by atoms with Crippen molar-refractivity contribution < 1.29 is 39.9 Å². The van der Waals surface area contributed by atoms with E-state index in [0.29, 0.717) is 37.0 Å². The molecular weight excluding hydrogens is 821 g/mol. The fraction of sp³-hybridized carbons (Fsp3) is 0.585. The van der Waals surface area contributed by atoms with Gasteiger partial charge >= 0.3 is 5.97 Å². The summed E-state index contributed by atoms with van der Waals surface area (Å²) in [5, 5.41) is 68.4. The molecule has 0 amide bonds. The number of nitrogens with zero attached hydrogens (tertiary/aromatic N) is 1. The molecule has 12 heteroatoms. The number of benzene rings is 1. The summed E-state index contributed by atoms with van der Waals surface area (Å²) in [5.41, 5.74) is 3.53. The number of ketones is 2. The zero-order valence-corrected chi connectivity index (χ0v) is 38.3. The summed E-state index contributed by atoms with van der Waals surface area (Å²) < 4.78 is 0. The second-order valence-electron chi connectivity index (χ2n) is 22.0. The first kappa shape index (κ1) is 44.2. The maximum Gasteiger partial charge on any atom is 0.331 e. The van der Waals surface area contributed by atoms with Gasteiger partial charge in [0, 0.05) is 70.3 Å². The molecule has 9 aliphatic carbocycles. The number of allylic oxidation sites excluding steroid dienone is 2. The lowest BCUT2D eigenvalue weighted by Crippen LogP contribution is -2.74.